The van der Waals surface area contributed by atoms with E-state index in [1.54, 1.807) is 6.33 Å². The summed E-state index contributed by atoms with van der Waals surface area (Å²) in [6.07, 6.45) is 3.76. The molecule has 0 bridgehead atoms. The number of morpholine rings is 1. The van der Waals surface area contributed by atoms with Crippen LogP contribution in [-0.2, 0) is 19.7 Å². The van der Waals surface area contributed by atoms with Crippen molar-refractivity contribution in [1.82, 2.24) is 20.3 Å². The van der Waals surface area contributed by atoms with Gasteiger partial charge in [-0.05, 0) is 67.8 Å². The van der Waals surface area contributed by atoms with E-state index >= 15 is 0 Å². The molecule has 0 aliphatic carbocycles. The van der Waals surface area contributed by atoms with Crippen LogP contribution in [0.25, 0.3) is 22.3 Å². The van der Waals surface area contributed by atoms with Gasteiger partial charge in [-0.2, -0.15) is 0 Å². The van der Waals surface area contributed by atoms with E-state index in [0.717, 1.165) is 77.6 Å². The molecule has 2 saturated heterocycles. The minimum absolute atomic E-state index is 0.0811. The minimum atomic E-state index is -0.767. The molecule has 10 heteroatoms. The Hall–Kier alpha value is -4.70. The molecule has 1 atom stereocenters. The van der Waals surface area contributed by atoms with E-state index in [1.165, 1.54) is 6.08 Å². The van der Waals surface area contributed by atoms with E-state index in [2.05, 4.69) is 54.1 Å². The number of amides is 2. The van der Waals surface area contributed by atoms with Gasteiger partial charge in [0.2, 0.25) is 11.8 Å². The van der Waals surface area contributed by atoms with E-state index in [1.807, 2.05) is 56.3 Å². The van der Waals surface area contributed by atoms with Crippen LogP contribution in [0.1, 0.15) is 25.8 Å². The lowest BCUT2D eigenvalue weighted by molar-refractivity contribution is -0.120. The Bertz CT molecular complexity index is 1640. The van der Waals surface area contributed by atoms with Crippen LogP contribution in [0.4, 0.5) is 17.2 Å². The van der Waals surface area contributed by atoms with Gasteiger partial charge in [-0.15, -0.1) is 0 Å². The first-order valence-corrected chi connectivity index (χ1v) is 14.7. The Balaban J connectivity index is 1.14. The Kier molecular flexibility index (Phi) is 7.86. The molecule has 0 spiro atoms. The van der Waals surface area contributed by atoms with Crippen LogP contribution in [0.5, 0.6) is 0 Å². The highest BCUT2D eigenvalue weighted by molar-refractivity contribution is 5.99. The minimum Gasteiger partial charge on any atom is -0.378 e. The number of nitrogens with zero attached hydrogens (tertiary/aromatic N) is 4. The molecule has 222 valence electrons. The Morgan fingerprint density at radius 3 is 2.60 bits per heavy atom. The first-order chi connectivity index (χ1) is 20.8. The van der Waals surface area contributed by atoms with Gasteiger partial charge in [-0.1, -0.05) is 30.8 Å². The van der Waals surface area contributed by atoms with Gasteiger partial charge in [0.1, 0.15) is 17.8 Å². The number of hydrogen-bond donors (Lipinski definition) is 3. The second-order valence-electron chi connectivity index (χ2n) is 11.6. The van der Waals surface area contributed by atoms with E-state index in [9.17, 15) is 9.59 Å². The van der Waals surface area contributed by atoms with Crippen molar-refractivity contribution in [3.8, 4) is 11.3 Å². The van der Waals surface area contributed by atoms with E-state index in [0.29, 0.717) is 13.2 Å². The molecule has 2 aliphatic rings. The third-order valence-corrected chi connectivity index (χ3v) is 8.39. The maximum absolute atomic E-state index is 13.5. The number of carbonyl (C=O) groups excluding carboxylic acids is 2. The Morgan fingerprint density at radius 1 is 1.05 bits per heavy atom. The summed E-state index contributed by atoms with van der Waals surface area (Å²) in [4.78, 5) is 42.1. The molecule has 6 rings (SSSR count). The van der Waals surface area contributed by atoms with Crippen LogP contribution in [-0.4, -0.2) is 72.2 Å². The van der Waals surface area contributed by atoms with Gasteiger partial charge in [0.25, 0.3) is 0 Å². The molecule has 3 N–H and O–H groups in total. The number of aromatic amines is 1. The monoisotopic (exact) mass is 579 g/mol. The SMILES string of the molecule is C=CC(=O)NC1CCN(c2cccc(C(C)(C)C(=O)Nc3ccc(-c4cc5c(N6CCOCC6)ncnc5[nH]4)cc3)c2)C1. The summed E-state index contributed by atoms with van der Waals surface area (Å²) in [5.74, 6) is 0.668. The second-order valence-corrected chi connectivity index (χ2v) is 11.6. The summed E-state index contributed by atoms with van der Waals surface area (Å²) >= 11 is 0. The van der Waals surface area contributed by atoms with Crippen LogP contribution in [0, 0.1) is 0 Å². The summed E-state index contributed by atoms with van der Waals surface area (Å²) in [6.45, 7) is 11.9. The van der Waals surface area contributed by atoms with E-state index in [-0.39, 0.29) is 17.9 Å². The van der Waals surface area contributed by atoms with Crippen LogP contribution < -0.4 is 20.4 Å². The van der Waals surface area contributed by atoms with Gasteiger partial charge in [-0.3, -0.25) is 9.59 Å². The highest BCUT2D eigenvalue weighted by atomic mass is 16.5. The van der Waals surface area contributed by atoms with Crippen molar-refractivity contribution >= 4 is 40.0 Å². The number of carbonyl (C=O) groups is 2. The fourth-order valence-corrected chi connectivity index (χ4v) is 5.73. The van der Waals surface area contributed by atoms with Crippen molar-refractivity contribution in [2.24, 2.45) is 0 Å². The third kappa shape index (κ3) is 5.96. The molecule has 43 heavy (non-hydrogen) atoms. The summed E-state index contributed by atoms with van der Waals surface area (Å²) in [6, 6.07) is 18.1. The molecular formula is C33H37N7O3. The first kappa shape index (κ1) is 28.4. The molecule has 2 aromatic carbocycles. The zero-order valence-electron chi connectivity index (χ0n) is 24.6. The van der Waals surface area contributed by atoms with Crippen molar-refractivity contribution in [3.63, 3.8) is 0 Å². The van der Waals surface area contributed by atoms with Crippen molar-refractivity contribution < 1.29 is 14.3 Å². The normalized spacial score (nSPS) is 17.2. The predicted molar refractivity (Wildman–Crippen MR) is 169 cm³/mol. The number of aromatic nitrogens is 3. The van der Waals surface area contributed by atoms with Gasteiger partial charge in [-0.25, -0.2) is 9.97 Å². The van der Waals surface area contributed by atoms with Gasteiger partial charge >= 0.3 is 0 Å². The number of ether oxygens (including phenoxy) is 1. The first-order valence-electron chi connectivity index (χ1n) is 14.7. The molecular weight excluding hydrogens is 542 g/mol. The fourth-order valence-electron chi connectivity index (χ4n) is 5.73. The zero-order chi connectivity index (χ0) is 30.0. The van der Waals surface area contributed by atoms with Crippen LogP contribution in [0.15, 0.2) is 73.6 Å². The molecule has 0 radical (unpaired) electrons. The largest absolute Gasteiger partial charge is 0.378 e. The number of fused-ring (bicyclic) bond motifs is 1. The Labute approximate surface area is 251 Å². The smallest absolute Gasteiger partial charge is 0.243 e. The van der Waals surface area contributed by atoms with Gasteiger partial charge < -0.3 is 30.2 Å². The molecule has 2 aromatic heterocycles. The molecule has 1 unspecified atom stereocenters. The van der Waals surface area contributed by atoms with Crippen molar-refractivity contribution in [1.29, 1.82) is 0 Å². The number of H-pyrrole nitrogens is 1. The van der Waals surface area contributed by atoms with Crippen LogP contribution >= 0.6 is 0 Å². The lowest BCUT2D eigenvalue weighted by Crippen LogP contribution is -2.36. The van der Waals surface area contributed by atoms with Crippen LogP contribution in [0.2, 0.25) is 0 Å². The maximum atomic E-state index is 13.5. The number of hydrogen-bond acceptors (Lipinski definition) is 7. The maximum Gasteiger partial charge on any atom is 0.243 e. The molecule has 4 aromatic rings. The lowest BCUT2D eigenvalue weighted by Gasteiger charge is -2.27. The second kappa shape index (κ2) is 11.9. The zero-order valence-corrected chi connectivity index (χ0v) is 24.6. The number of benzene rings is 2. The standard InChI is InChI=1S/C33H37N7O3/c1-4-29(41)36-25-12-13-40(20-25)26-7-5-6-23(18-26)33(2,3)32(42)37-24-10-8-22(9-11-24)28-19-27-30(38-28)34-21-35-31(27)39-14-16-43-17-15-39/h4-11,18-19,21,25H,1,12-17,20H2,2-3H3,(H,36,41)(H,37,42)(H,34,35,38). The van der Waals surface area contributed by atoms with Crippen molar-refractivity contribution in [2.75, 3.05) is 54.5 Å². The summed E-state index contributed by atoms with van der Waals surface area (Å²) in [5, 5.41) is 7.06. The molecule has 2 aliphatic heterocycles. The highest BCUT2D eigenvalue weighted by Gasteiger charge is 2.31. The average molecular weight is 580 g/mol. The quantitative estimate of drug-likeness (QED) is 0.267. The van der Waals surface area contributed by atoms with E-state index < -0.39 is 5.41 Å². The Morgan fingerprint density at radius 2 is 1.84 bits per heavy atom. The number of rotatable bonds is 8. The van der Waals surface area contributed by atoms with Gasteiger partial charge in [0.05, 0.1) is 24.0 Å². The van der Waals surface area contributed by atoms with Crippen molar-refractivity contribution in [2.45, 2.75) is 31.7 Å². The fraction of sp³-hybridized carbons (Fsp3) is 0.333. The van der Waals surface area contributed by atoms with Crippen LogP contribution in [0.3, 0.4) is 0 Å². The summed E-state index contributed by atoms with van der Waals surface area (Å²) in [5.41, 5.74) is 4.64. The molecule has 0 saturated carbocycles. The van der Waals surface area contributed by atoms with E-state index in [4.69, 9.17) is 4.74 Å². The predicted octanol–water partition coefficient (Wildman–Crippen LogP) is 4.26. The third-order valence-electron chi connectivity index (χ3n) is 8.39. The lowest BCUT2D eigenvalue weighted by atomic mass is 9.83. The van der Waals surface area contributed by atoms with Gasteiger partial charge in [0.15, 0.2) is 0 Å². The molecule has 2 amide bonds. The highest BCUT2D eigenvalue weighted by Crippen LogP contribution is 2.32. The number of anilines is 3. The van der Waals surface area contributed by atoms with Crippen molar-refractivity contribution in [3.05, 3.63) is 79.1 Å². The number of nitrogens with one attached hydrogen (secondary N) is 3. The van der Waals surface area contributed by atoms with Gasteiger partial charge in [0, 0.05) is 49.3 Å². The molecule has 2 fully saturated rings. The summed E-state index contributed by atoms with van der Waals surface area (Å²) < 4.78 is 5.50. The topological polar surface area (TPSA) is 115 Å². The molecule has 4 heterocycles. The summed E-state index contributed by atoms with van der Waals surface area (Å²) in [7, 11) is 0. The molecule has 10 nitrogen and oxygen atoms in total. The average Bonchev–Trinajstić information content (AvgIpc) is 3.69.